The summed E-state index contributed by atoms with van der Waals surface area (Å²) in [4.78, 5) is 7.31. The number of rotatable bonds is 2. The Morgan fingerprint density at radius 2 is 2.25 bits per heavy atom. The first-order valence-electron chi connectivity index (χ1n) is 5.33. The number of hydrogen-bond donors (Lipinski definition) is 0. The molecule has 6 heteroatoms. The number of hydrogen-bond acceptors (Lipinski definition) is 4. The van der Waals surface area contributed by atoms with Crippen molar-refractivity contribution in [1.29, 1.82) is 0 Å². The van der Waals surface area contributed by atoms with E-state index in [9.17, 15) is 0 Å². The summed E-state index contributed by atoms with van der Waals surface area (Å²) in [6.45, 7) is 1.04. The van der Waals surface area contributed by atoms with Crippen molar-refractivity contribution in [1.82, 2.24) is 19.8 Å². The van der Waals surface area contributed by atoms with Crippen molar-refractivity contribution in [3.05, 3.63) is 24.3 Å². The molecule has 3 rings (SSSR count). The Morgan fingerprint density at radius 1 is 1.38 bits per heavy atom. The quantitative estimate of drug-likeness (QED) is 0.731. The highest BCUT2D eigenvalue weighted by molar-refractivity contribution is 7.13. The van der Waals surface area contributed by atoms with E-state index in [2.05, 4.69) is 24.4 Å². The average Bonchev–Trinajstić information content (AvgIpc) is 2.88. The van der Waals surface area contributed by atoms with Crippen LogP contribution in [0.3, 0.4) is 0 Å². The molecule has 1 aliphatic rings. The molecule has 84 valence electrons. The van der Waals surface area contributed by atoms with Crippen molar-refractivity contribution in [2.24, 2.45) is 0 Å². The fourth-order valence-corrected chi connectivity index (χ4v) is 2.30. The molecule has 1 aromatic heterocycles. The first-order chi connectivity index (χ1) is 7.84. The van der Waals surface area contributed by atoms with Crippen LogP contribution in [0.5, 0.6) is 0 Å². The summed E-state index contributed by atoms with van der Waals surface area (Å²) >= 11 is 0. The lowest BCUT2D eigenvalue weighted by atomic mass is 10.3. The van der Waals surface area contributed by atoms with Gasteiger partial charge in [0.05, 0.1) is 0 Å². The van der Waals surface area contributed by atoms with Crippen LogP contribution in [-0.4, -0.2) is 32.6 Å². The molecule has 0 aliphatic carbocycles. The Balaban J connectivity index is 1.89. The van der Waals surface area contributed by atoms with Crippen molar-refractivity contribution in [2.45, 2.75) is 19.1 Å². The van der Waals surface area contributed by atoms with E-state index in [0.717, 1.165) is 30.4 Å². The minimum atomic E-state index is 0.0788. The summed E-state index contributed by atoms with van der Waals surface area (Å²) in [6, 6.07) is 7.78. The molecule has 2 heterocycles. The Hall–Kier alpha value is -1.19. The van der Waals surface area contributed by atoms with E-state index in [-0.39, 0.29) is 6.23 Å². The van der Waals surface area contributed by atoms with Crippen LogP contribution in [0, 0.1) is 0 Å². The second-order valence-electron chi connectivity index (χ2n) is 3.89. The molecule has 2 aromatic rings. The van der Waals surface area contributed by atoms with E-state index in [1.807, 2.05) is 24.3 Å². The van der Waals surface area contributed by atoms with Gasteiger partial charge in [-0.2, -0.15) is 0 Å². The zero-order valence-corrected chi connectivity index (χ0v) is 9.94. The van der Waals surface area contributed by atoms with Crippen molar-refractivity contribution >= 4 is 20.4 Å². The number of aromatic nitrogens is 3. The van der Waals surface area contributed by atoms with Gasteiger partial charge < -0.3 is 4.84 Å². The fourth-order valence-electron chi connectivity index (χ4n) is 1.91. The molecule has 0 N–H and O–H groups in total. The van der Waals surface area contributed by atoms with Crippen LogP contribution < -0.4 is 4.84 Å². The molecule has 1 fully saturated rings. The van der Waals surface area contributed by atoms with Gasteiger partial charge in [0.2, 0.25) is 0 Å². The molecule has 1 saturated heterocycles. The Labute approximate surface area is 95.6 Å². The molecule has 0 saturated carbocycles. The lowest BCUT2D eigenvalue weighted by Gasteiger charge is -2.19. The predicted molar refractivity (Wildman–Crippen MR) is 63.5 cm³/mol. The van der Waals surface area contributed by atoms with E-state index in [1.54, 1.807) is 0 Å². The molecular weight excluding hydrogens is 223 g/mol. The SMILES string of the molecule is PN1CCCC1On1nnc2ccccc21. The third-order valence-corrected chi connectivity index (χ3v) is 3.37. The van der Waals surface area contributed by atoms with Gasteiger partial charge in [0.25, 0.3) is 0 Å². The molecule has 0 spiro atoms. The van der Waals surface area contributed by atoms with Crippen LogP contribution in [0.2, 0.25) is 0 Å². The topological polar surface area (TPSA) is 43.2 Å². The summed E-state index contributed by atoms with van der Waals surface area (Å²) in [5.41, 5.74) is 1.77. The normalized spacial score (nSPS) is 21.7. The van der Waals surface area contributed by atoms with E-state index in [4.69, 9.17) is 4.84 Å². The summed E-state index contributed by atoms with van der Waals surface area (Å²) in [5.74, 6) is 0. The molecule has 1 aromatic carbocycles. The largest absolute Gasteiger partial charge is 0.375 e. The van der Waals surface area contributed by atoms with Gasteiger partial charge in [0.15, 0.2) is 6.23 Å². The molecule has 0 amide bonds. The minimum Gasteiger partial charge on any atom is -0.375 e. The minimum absolute atomic E-state index is 0.0788. The molecule has 2 atom stereocenters. The van der Waals surface area contributed by atoms with Crippen LogP contribution in [0.4, 0.5) is 0 Å². The fraction of sp³-hybridized carbons (Fsp3) is 0.400. The van der Waals surface area contributed by atoms with Gasteiger partial charge in [0.1, 0.15) is 11.0 Å². The second-order valence-corrected chi connectivity index (χ2v) is 4.55. The molecule has 16 heavy (non-hydrogen) atoms. The summed E-state index contributed by atoms with van der Waals surface area (Å²) < 4.78 is 2.11. The van der Waals surface area contributed by atoms with E-state index in [1.165, 1.54) is 4.85 Å². The highest BCUT2D eigenvalue weighted by Gasteiger charge is 2.24. The van der Waals surface area contributed by atoms with Crippen LogP contribution in [-0.2, 0) is 0 Å². The van der Waals surface area contributed by atoms with Crippen LogP contribution in [0.1, 0.15) is 12.8 Å². The maximum absolute atomic E-state index is 5.79. The van der Waals surface area contributed by atoms with E-state index in [0.29, 0.717) is 0 Å². The average molecular weight is 236 g/mol. The molecular formula is C10H13N4OP. The number of nitrogens with zero attached hydrogens (tertiary/aromatic N) is 4. The van der Waals surface area contributed by atoms with Crippen molar-refractivity contribution < 1.29 is 4.84 Å². The molecule has 1 aliphatic heterocycles. The van der Waals surface area contributed by atoms with Gasteiger partial charge in [-0.3, -0.25) is 0 Å². The second kappa shape index (κ2) is 4.00. The third kappa shape index (κ3) is 1.66. The molecule has 2 unspecified atom stereocenters. The Kier molecular flexibility index (Phi) is 2.50. The lowest BCUT2D eigenvalue weighted by molar-refractivity contribution is -0.0209. The van der Waals surface area contributed by atoms with E-state index < -0.39 is 0 Å². The predicted octanol–water partition coefficient (Wildman–Crippen LogP) is 1.07. The van der Waals surface area contributed by atoms with Gasteiger partial charge >= 0.3 is 0 Å². The van der Waals surface area contributed by atoms with Gasteiger partial charge in [-0.1, -0.05) is 26.4 Å². The maximum atomic E-state index is 5.79. The maximum Gasteiger partial charge on any atom is 0.184 e. The molecule has 5 nitrogen and oxygen atoms in total. The van der Waals surface area contributed by atoms with Crippen molar-refractivity contribution in [2.75, 3.05) is 6.54 Å². The molecule has 0 bridgehead atoms. The lowest BCUT2D eigenvalue weighted by Crippen LogP contribution is -2.32. The van der Waals surface area contributed by atoms with Crippen LogP contribution >= 0.6 is 9.39 Å². The van der Waals surface area contributed by atoms with Crippen molar-refractivity contribution in [3.63, 3.8) is 0 Å². The highest BCUT2D eigenvalue weighted by atomic mass is 31.0. The number of para-hydroxylation sites is 1. The van der Waals surface area contributed by atoms with Gasteiger partial charge in [-0.15, -0.1) is 5.10 Å². The summed E-state index contributed by atoms with van der Waals surface area (Å²) in [5, 5.41) is 8.05. The summed E-state index contributed by atoms with van der Waals surface area (Å²) in [7, 11) is 2.69. The highest BCUT2D eigenvalue weighted by Crippen LogP contribution is 2.20. The monoisotopic (exact) mass is 236 g/mol. The zero-order chi connectivity index (χ0) is 11.0. The first-order valence-corrected chi connectivity index (χ1v) is 5.85. The van der Waals surface area contributed by atoms with Crippen molar-refractivity contribution in [3.8, 4) is 0 Å². The van der Waals surface area contributed by atoms with Crippen LogP contribution in [0.25, 0.3) is 11.0 Å². The van der Waals surface area contributed by atoms with Gasteiger partial charge in [0, 0.05) is 13.0 Å². The standard InChI is InChI=1S/C10H13N4OP/c16-13-7-3-6-10(13)15-14-9-5-2-1-4-8(9)11-12-14/h1-2,4-5,10H,3,6-7,16H2. The smallest absolute Gasteiger partial charge is 0.184 e. The third-order valence-electron chi connectivity index (χ3n) is 2.78. The van der Waals surface area contributed by atoms with Gasteiger partial charge in [-0.05, 0) is 23.8 Å². The summed E-state index contributed by atoms with van der Waals surface area (Å²) in [6.07, 6.45) is 2.26. The van der Waals surface area contributed by atoms with Gasteiger partial charge in [-0.25, -0.2) is 4.67 Å². The van der Waals surface area contributed by atoms with E-state index >= 15 is 0 Å². The Morgan fingerprint density at radius 3 is 3.06 bits per heavy atom. The Bertz CT molecular complexity index is 500. The zero-order valence-electron chi connectivity index (χ0n) is 8.78. The molecule has 0 radical (unpaired) electrons. The number of fused-ring (bicyclic) bond motifs is 1. The van der Waals surface area contributed by atoms with Crippen LogP contribution in [0.15, 0.2) is 24.3 Å². The number of benzene rings is 1. The first kappa shape index (κ1) is 10.00.